The van der Waals surface area contributed by atoms with Crippen molar-refractivity contribution < 1.29 is 14.3 Å². The van der Waals surface area contributed by atoms with Crippen LogP contribution in [0.25, 0.3) is 0 Å². The van der Waals surface area contributed by atoms with E-state index in [4.69, 9.17) is 9.47 Å². The summed E-state index contributed by atoms with van der Waals surface area (Å²) in [6.45, 7) is 2.22. The maximum absolute atomic E-state index is 12.7. The van der Waals surface area contributed by atoms with Gasteiger partial charge in [-0.15, -0.1) is 23.1 Å². The van der Waals surface area contributed by atoms with Gasteiger partial charge in [0.2, 0.25) is 6.79 Å². The van der Waals surface area contributed by atoms with Gasteiger partial charge in [-0.2, -0.15) is 0 Å². The Kier molecular flexibility index (Phi) is 6.28. The molecule has 0 atom stereocenters. The van der Waals surface area contributed by atoms with Crippen molar-refractivity contribution in [3.8, 4) is 11.5 Å². The fraction of sp³-hybridized carbons (Fsp3) is 0.160. The highest BCUT2D eigenvalue weighted by Gasteiger charge is 2.16. The van der Waals surface area contributed by atoms with Crippen LogP contribution >= 0.6 is 23.1 Å². The summed E-state index contributed by atoms with van der Waals surface area (Å²) in [4.78, 5) is 23.6. The third kappa shape index (κ3) is 5.18. The molecule has 0 unspecified atom stereocenters. The van der Waals surface area contributed by atoms with Gasteiger partial charge < -0.3 is 9.47 Å². The van der Waals surface area contributed by atoms with Crippen molar-refractivity contribution in [2.75, 3.05) is 12.1 Å². The van der Waals surface area contributed by atoms with Gasteiger partial charge in [0, 0.05) is 39.9 Å². The third-order valence-corrected chi connectivity index (χ3v) is 7.32. The minimum absolute atomic E-state index is 0.165. The highest BCUT2D eigenvalue weighted by molar-refractivity contribution is 7.98. The molecule has 6 nitrogen and oxygen atoms in total. The number of aromatic nitrogens is 2. The monoisotopic (exact) mass is 475 g/mol. The standard InChI is InChI=1S/C25H21N3O3S2/c1-16-23(12-17-4-9-21-22(11-17)31-15-30-21)33-25(27-16)28-24(29)19-5-7-20(8-6-19)32-14-18-3-2-10-26-13-18/h2-11,13H,12,14-15H2,1H3,(H,27,28,29). The van der Waals surface area contributed by atoms with Crippen LogP contribution in [-0.4, -0.2) is 22.7 Å². The lowest BCUT2D eigenvalue weighted by molar-refractivity contribution is 0.102. The van der Waals surface area contributed by atoms with Crippen molar-refractivity contribution in [1.82, 2.24) is 9.97 Å². The molecule has 2 aromatic heterocycles. The van der Waals surface area contributed by atoms with Crippen molar-refractivity contribution in [2.24, 2.45) is 0 Å². The van der Waals surface area contributed by atoms with Crippen LogP contribution in [0.4, 0.5) is 5.13 Å². The Bertz CT molecular complexity index is 1270. The van der Waals surface area contributed by atoms with E-state index >= 15 is 0 Å². The maximum atomic E-state index is 12.7. The average molecular weight is 476 g/mol. The molecule has 0 fully saturated rings. The molecule has 166 valence electrons. The number of aryl methyl sites for hydroxylation is 1. The summed E-state index contributed by atoms with van der Waals surface area (Å²) in [5, 5.41) is 3.53. The highest BCUT2D eigenvalue weighted by Crippen LogP contribution is 2.34. The number of carbonyl (C=O) groups excluding carboxylic acids is 1. The lowest BCUT2D eigenvalue weighted by atomic mass is 10.1. The molecule has 1 aliphatic rings. The normalized spacial score (nSPS) is 12.0. The van der Waals surface area contributed by atoms with E-state index in [1.165, 1.54) is 16.9 Å². The summed E-state index contributed by atoms with van der Waals surface area (Å²) >= 11 is 3.21. The van der Waals surface area contributed by atoms with E-state index in [0.717, 1.165) is 44.7 Å². The number of amides is 1. The minimum atomic E-state index is -0.165. The zero-order chi connectivity index (χ0) is 22.6. The molecular weight excluding hydrogens is 454 g/mol. The highest BCUT2D eigenvalue weighted by atomic mass is 32.2. The van der Waals surface area contributed by atoms with Gasteiger partial charge in [-0.3, -0.25) is 15.1 Å². The number of hydrogen-bond acceptors (Lipinski definition) is 7. The largest absolute Gasteiger partial charge is 0.454 e. The van der Waals surface area contributed by atoms with Crippen molar-refractivity contribution in [2.45, 2.75) is 24.0 Å². The van der Waals surface area contributed by atoms with Gasteiger partial charge in [0.25, 0.3) is 5.91 Å². The molecule has 0 aliphatic carbocycles. The number of nitrogens with zero attached hydrogens (tertiary/aromatic N) is 2. The fourth-order valence-corrected chi connectivity index (χ4v) is 5.23. The summed E-state index contributed by atoms with van der Waals surface area (Å²) in [6, 6.07) is 17.6. The quantitative estimate of drug-likeness (QED) is 0.345. The molecule has 0 bridgehead atoms. The number of rotatable bonds is 7. The second-order valence-electron chi connectivity index (χ2n) is 7.52. The Morgan fingerprint density at radius 3 is 2.76 bits per heavy atom. The number of thiazole rings is 1. The van der Waals surface area contributed by atoms with Gasteiger partial charge in [-0.05, 0) is 60.5 Å². The Labute approximate surface area is 200 Å². The first kappa shape index (κ1) is 21.5. The first-order valence-electron chi connectivity index (χ1n) is 10.4. The first-order chi connectivity index (χ1) is 16.1. The summed E-state index contributed by atoms with van der Waals surface area (Å²) in [5.41, 5.74) is 3.80. The predicted octanol–water partition coefficient (Wildman–Crippen LogP) is 5.71. The number of nitrogens with one attached hydrogen (secondary N) is 1. The molecule has 1 aliphatic heterocycles. The van der Waals surface area contributed by atoms with Crippen LogP contribution in [0.3, 0.4) is 0 Å². The number of carbonyl (C=O) groups is 1. The van der Waals surface area contributed by atoms with Gasteiger partial charge in [0.05, 0.1) is 5.69 Å². The lowest BCUT2D eigenvalue weighted by Crippen LogP contribution is -2.11. The van der Waals surface area contributed by atoms with Crippen molar-refractivity contribution in [3.63, 3.8) is 0 Å². The molecule has 4 aromatic rings. The van der Waals surface area contributed by atoms with Crippen molar-refractivity contribution >= 4 is 34.1 Å². The maximum Gasteiger partial charge on any atom is 0.257 e. The smallest absolute Gasteiger partial charge is 0.257 e. The first-order valence-corrected chi connectivity index (χ1v) is 12.2. The summed E-state index contributed by atoms with van der Waals surface area (Å²) in [6.07, 6.45) is 4.36. The number of fused-ring (bicyclic) bond motifs is 1. The van der Waals surface area contributed by atoms with E-state index in [0.29, 0.717) is 10.7 Å². The van der Waals surface area contributed by atoms with Crippen LogP contribution in [-0.2, 0) is 12.2 Å². The van der Waals surface area contributed by atoms with Crippen LogP contribution in [0.1, 0.15) is 32.1 Å². The third-order valence-electron chi connectivity index (χ3n) is 5.16. The molecule has 0 radical (unpaired) electrons. The number of anilines is 1. The molecule has 3 heterocycles. The Morgan fingerprint density at radius 1 is 1.09 bits per heavy atom. The SMILES string of the molecule is Cc1nc(NC(=O)c2ccc(SCc3cccnc3)cc2)sc1Cc1ccc2c(c1)OCO2. The molecule has 0 saturated heterocycles. The van der Waals surface area contributed by atoms with E-state index in [2.05, 4.69) is 21.4 Å². The number of hydrogen-bond donors (Lipinski definition) is 1. The van der Waals surface area contributed by atoms with Crippen LogP contribution in [0.15, 0.2) is 71.9 Å². The van der Waals surface area contributed by atoms with Gasteiger partial charge in [0.15, 0.2) is 16.6 Å². The molecule has 0 saturated carbocycles. The number of ether oxygens (including phenoxy) is 2. The molecule has 1 N–H and O–H groups in total. The second-order valence-corrected chi connectivity index (χ2v) is 9.65. The predicted molar refractivity (Wildman–Crippen MR) is 130 cm³/mol. The van der Waals surface area contributed by atoms with Crippen LogP contribution in [0, 0.1) is 6.92 Å². The van der Waals surface area contributed by atoms with Crippen LogP contribution < -0.4 is 14.8 Å². The van der Waals surface area contributed by atoms with E-state index in [1.54, 1.807) is 18.0 Å². The van der Waals surface area contributed by atoms with Gasteiger partial charge in [-0.1, -0.05) is 12.1 Å². The Balaban J connectivity index is 1.20. The van der Waals surface area contributed by atoms with Gasteiger partial charge >= 0.3 is 0 Å². The van der Waals surface area contributed by atoms with Gasteiger partial charge in [0.1, 0.15) is 0 Å². The topological polar surface area (TPSA) is 73.3 Å². The summed E-state index contributed by atoms with van der Waals surface area (Å²) < 4.78 is 10.8. The average Bonchev–Trinajstić information content (AvgIpc) is 3.44. The van der Waals surface area contributed by atoms with E-state index in [-0.39, 0.29) is 12.7 Å². The summed E-state index contributed by atoms with van der Waals surface area (Å²) in [7, 11) is 0. The number of pyridine rings is 1. The van der Waals surface area contributed by atoms with E-state index in [9.17, 15) is 4.79 Å². The van der Waals surface area contributed by atoms with E-state index in [1.807, 2.05) is 61.7 Å². The molecular formula is C25H21N3O3S2. The molecule has 1 amide bonds. The van der Waals surface area contributed by atoms with Crippen molar-refractivity contribution in [1.29, 1.82) is 0 Å². The number of benzene rings is 2. The zero-order valence-electron chi connectivity index (χ0n) is 17.9. The minimum Gasteiger partial charge on any atom is -0.454 e. The number of thioether (sulfide) groups is 1. The molecule has 2 aromatic carbocycles. The summed E-state index contributed by atoms with van der Waals surface area (Å²) in [5.74, 6) is 2.21. The second kappa shape index (κ2) is 9.64. The van der Waals surface area contributed by atoms with Crippen molar-refractivity contribution in [3.05, 3.63) is 94.3 Å². The Morgan fingerprint density at radius 2 is 1.94 bits per heavy atom. The zero-order valence-corrected chi connectivity index (χ0v) is 19.5. The van der Waals surface area contributed by atoms with Crippen LogP contribution in [0.2, 0.25) is 0 Å². The molecule has 5 rings (SSSR count). The molecule has 0 spiro atoms. The van der Waals surface area contributed by atoms with Crippen LogP contribution in [0.5, 0.6) is 11.5 Å². The van der Waals surface area contributed by atoms with Gasteiger partial charge in [-0.25, -0.2) is 4.98 Å². The van der Waals surface area contributed by atoms with E-state index < -0.39 is 0 Å². The lowest BCUT2D eigenvalue weighted by Gasteiger charge is -2.04. The fourth-order valence-electron chi connectivity index (χ4n) is 3.40. The Hall–Kier alpha value is -3.36. The molecule has 33 heavy (non-hydrogen) atoms. The molecule has 8 heteroatoms.